The molecule has 2 aromatic rings. The Morgan fingerprint density at radius 2 is 1.74 bits per heavy atom. The van der Waals surface area contributed by atoms with E-state index in [1.54, 1.807) is 12.1 Å². The Hall–Kier alpha value is -2.24. The van der Waals surface area contributed by atoms with Crippen LogP contribution in [-0.4, -0.2) is 25.7 Å². The predicted octanol–water partition coefficient (Wildman–Crippen LogP) is 3.76. The molecule has 5 nitrogen and oxygen atoms in total. The molecule has 0 unspecified atom stereocenters. The van der Waals surface area contributed by atoms with E-state index >= 15 is 0 Å². The molecule has 0 heterocycles. The summed E-state index contributed by atoms with van der Waals surface area (Å²) in [5, 5.41) is 0.767. The molecule has 0 amide bonds. The van der Waals surface area contributed by atoms with Crippen molar-refractivity contribution < 1.29 is 23.8 Å². The van der Waals surface area contributed by atoms with Gasteiger partial charge in [-0.25, -0.2) is 9.59 Å². The number of hydrogen-bond donors (Lipinski definition) is 0. The monoisotopic (exact) mass is 354 g/mol. The van der Waals surface area contributed by atoms with Gasteiger partial charge in [0.1, 0.15) is 11.5 Å². The topological polar surface area (TPSA) is 61.8 Å². The molecule has 120 valence electrons. The standard InChI is InChI=1S/C16H12Cl2O5/c1-21-16(20)10-2-5-12(6-3-10)23-15(19)9-22-14-7-4-11(17)8-13(14)18/h2-8H,9H2,1H3. The van der Waals surface area contributed by atoms with E-state index in [0.29, 0.717) is 21.4 Å². The van der Waals surface area contributed by atoms with Crippen LogP contribution in [-0.2, 0) is 9.53 Å². The molecule has 0 aliphatic heterocycles. The van der Waals surface area contributed by atoms with Gasteiger partial charge in [-0.2, -0.15) is 0 Å². The van der Waals surface area contributed by atoms with Gasteiger partial charge in [0.25, 0.3) is 0 Å². The number of ether oxygens (including phenoxy) is 3. The zero-order valence-electron chi connectivity index (χ0n) is 12.0. The Bertz CT molecular complexity index is 713. The molecule has 0 radical (unpaired) electrons. The van der Waals surface area contributed by atoms with Crippen molar-refractivity contribution in [3.05, 3.63) is 58.1 Å². The molecule has 2 aromatic carbocycles. The number of carbonyl (C=O) groups is 2. The molecule has 0 saturated heterocycles. The summed E-state index contributed by atoms with van der Waals surface area (Å²) in [7, 11) is 1.29. The van der Waals surface area contributed by atoms with Crippen molar-refractivity contribution in [1.29, 1.82) is 0 Å². The highest BCUT2D eigenvalue weighted by atomic mass is 35.5. The molecule has 0 aliphatic rings. The van der Waals surface area contributed by atoms with Gasteiger partial charge < -0.3 is 14.2 Å². The van der Waals surface area contributed by atoms with Crippen molar-refractivity contribution in [3.8, 4) is 11.5 Å². The van der Waals surface area contributed by atoms with Crippen LogP contribution in [0.4, 0.5) is 0 Å². The van der Waals surface area contributed by atoms with Gasteiger partial charge >= 0.3 is 11.9 Å². The highest BCUT2D eigenvalue weighted by Crippen LogP contribution is 2.27. The smallest absolute Gasteiger partial charge is 0.349 e. The van der Waals surface area contributed by atoms with Crippen molar-refractivity contribution in [1.82, 2.24) is 0 Å². The molecule has 0 N–H and O–H groups in total. The average molecular weight is 355 g/mol. The van der Waals surface area contributed by atoms with Crippen LogP contribution in [0.5, 0.6) is 11.5 Å². The largest absolute Gasteiger partial charge is 0.480 e. The molecule has 23 heavy (non-hydrogen) atoms. The molecule has 2 rings (SSSR count). The lowest BCUT2D eigenvalue weighted by Crippen LogP contribution is -2.17. The second-order valence-corrected chi connectivity index (χ2v) is 5.20. The molecule has 0 aliphatic carbocycles. The minimum atomic E-state index is -0.609. The lowest BCUT2D eigenvalue weighted by Gasteiger charge is -2.08. The van der Waals surface area contributed by atoms with Gasteiger partial charge in [-0.05, 0) is 42.5 Å². The van der Waals surface area contributed by atoms with Crippen LogP contribution in [0.3, 0.4) is 0 Å². The van der Waals surface area contributed by atoms with E-state index < -0.39 is 11.9 Å². The zero-order valence-corrected chi connectivity index (χ0v) is 13.6. The fraction of sp³-hybridized carbons (Fsp3) is 0.125. The summed E-state index contributed by atoms with van der Waals surface area (Å²) in [6.07, 6.45) is 0. The second-order valence-electron chi connectivity index (χ2n) is 4.35. The van der Waals surface area contributed by atoms with Crippen LogP contribution in [0, 0.1) is 0 Å². The minimum absolute atomic E-state index is 0.286. The fourth-order valence-corrected chi connectivity index (χ4v) is 2.13. The quantitative estimate of drug-likeness (QED) is 0.604. The summed E-state index contributed by atoms with van der Waals surface area (Å²) in [6, 6.07) is 10.6. The highest BCUT2D eigenvalue weighted by molar-refractivity contribution is 6.35. The van der Waals surface area contributed by atoms with Crippen molar-refractivity contribution in [2.75, 3.05) is 13.7 Å². The number of carbonyl (C=O) groups excluding carboxylic acids is 2. The van der Waals surface area contributed by atoms with E-state index in [1.807, 2.05) is 0 Å². The third kappa shape index (κ3) is 4.87. The van der Waals surface area contributed by atoms with E-state index in [0.717, 1.165) is 0 Å². The number of benzene rings is 2. The van der Waals surface area contributed by atoms with E-state index in [1.165, 1.54) is 37.4 Å². The summed E-state index contributed by atoms with van der Waals surface area (Å²) < 4.78 is 14.9. The minimum Gasteiger partial charge on any atom is -0.480 e. The summed E-state index contributed by atoms with van der Waals surface area (Å²) in [5.74, 6) is -0.465. The van der Waals surface area contributed by atoms with Gasteiger partial charge in [-0.3, -0.25) is 0 Å². The maximum atomic E-state index is 11.7. The van der Waals surface area contributed by atoms with Crippen LogP contribution in [0.2, 0.25) is 10.0 Å². The Labute approximate surface area is 142 Å². The van der Waals surface area contributed by atoms with E-state index in [9.17, 15) is 9.59 Å². The highest BCUT2D eigenvalue weighted by Gasteiger charge is 2.10. The molecular weight excluding hydrogens is 343 g/mol. The van der Waals surface area contributed by atoms with Crippen molar-refractivity contribution in [2.45, 2.75) is 0 Å². The fourth-order valence-electron chi connectivity index (χ4n) is 1.67. The van der Waals surface area contributed by atoms with Gasteiger partial charge in [0.2, 0.25) is 0 Å². The molecular formula is C16H12Cl2O5. The van der Waals surface area contributed by atoms with Gasteiger partial charge in [0, 0.05) is 5.02 Å². The molecule has 0 spiro atoms. The van der Waals surface area contributed by atoms with Crippen LogP contribution >= 0.6 is 23.2 Å². The maximum Gasteiger partial charge on any atom is 0.349 e. The number of methoxy groups -OCH3 is 1. The Balaban J connectivity index is 1.90. The third-order valence-electron chi connectivity index (χ3n) is 2.75. The number of rotatable bonds is 5. The van der Waals surface area contributed by atoms with Gasteiger partial charge in [-0.1, -0.05) is 23.2 Å². The normalized spacial score (nSPS) is 10.0. The molecule has 0 fully saturated rings. The van der Waals surface area contributed by atoms with Crippen molar-refractivity contribution in [3.63, 3.8) is 0 Å². The van der Waals surface area contributed by atoms with Gasteiger partial charge in [0.15, 0.2) is 6.61 Å². The molecule has 0 saturated carbocycles. The Morgan fingerprint density at radius 3 is 2.35 bits per heavy atom. The second kappa shape index (κ2) is 7.85. The zero-order chi connectivity index (χ0) is 16.8. The van der Waals surface area contributed by atoms with Gasteiger partial charge in [-0.15, -0.1) is 0 Å². The first-order chi connectivity index (χ1) is 11.0. The molecule has 0 bridgehead atoms. The lowest BCUT2D eigenvalue weighted by atomic mass is 10.2. The Kier molecular flexibility index (Phi) is 5.84. The first-order valence-electron chi connectivity index (χ1n) is 6.46. The van der Waals surface area contributed by atoms with E-state index in [-0.39, 0.29) is 12.4 Å². The molecule has 0 atom stereocenters. The third-order valence-corrected chi connectivity index (χ3v) is 3.28. The summed E-state index contributed by atoms with van der Waals surface area (Å²) >= 11 is 11.7. The number of esters is 2. The SMILES string of the molecule is COC(=O)c1ccc(OC(=O)COc2ccc(Cl)cc2Cl)cc1. The summed E-state index contributed by atoms with van der Waals surface area (Å²) in [5.41, 5.74) is 0.358. The molecule has 0 aromatic heterocycles. The Morgan fingerprint density at radius 1 is 1.04 bits per heavy atom. The van der Waals surface area contributed by atoms with Gasteiger partial charge in [0.05, 0.1) is 17.7 Å². The maximum absolute atomic E-state index is 11.7. The molecule has 7 heteroatoms. The van der Waals surface area contributed by atoms with Crippen molar-refractivity contribution in [2.24, 2.45) is 0 Å². The summed E-state index contributed by atoms with van der Waals surface area (Å²) in [6.45, 7) is -0.319. The van der Waals surface area contributed by atoms with E-state index in [2.05, 4.69) is 4.74 Å². The average Bonchev–Trinajstić information content (AvgIpc) is 2.54. The first kappa shape index (κ1) is 17.1. The predicted molar refractivity (Wildman–Crippen MR) is 85.4 cm³/mol. The van der Waals surface area contributed by atoms with E-state index in [4.69, 9.17) is 32.7 Å². The van der Waals surface area contributed by atoms with Crippen LogP contribution < -0.4 is 9.47 Å². The number of hydrogen-bond acceptors (Lipinski definition) is 5. The summed E-state index contributed by atoms with van der Waals surface area (Å²) in [4.78, 5) is 23.0. The van der Waals surface area contributed by atoms with Crippen LogP contribution in [0.1, 0.15) is 10.4 Å². The number of halogens is 2. The first-order valence-corrected chi connectivity index (χ1v) is 7.22. The van der Waals surface area contributed by atoms with Crippen LogP contribution in [0.15, 0.2) is 42.5 Å². The van der Waals surface area contributed by atoms with Crippen LogP contribution in [0.25, 0.3) is 0 Å². The van der Waals surface area contributed by atoms with Crippen molar-refractivity contribution >= 4 is 35.1 Å². The lowest BCUT2D eigenvalue weighted by molar-refractivity contribution is -0.136.